The van der Waals surface area contributed by atoms with Gasteiger partial charge in [-0.2, -0.15) is 0 Å². The fraction of sp³-hybridized carbons (Fsp3) is 1.00. The van der Waals surface area contributed by atoms with Gasteiger partial charge in [0, 0.05) is 6.61 Å². The third kappa shape index (κ3) is 10.2. The van der Waals surface area contributed by atoms with Crippen molar-refractivity contribution in [1.82, 2.24) is 0 Å². The monoisotopic (exact) mass is 779 g/mol. The Morgan fingerprint density at radius 3 is 1.45 bits per heavy atom. The Hall–Kier alpha value is 0.177. The third-order valence-electron chi connectivity index (χ3n) is 19.3. The fourth-order valence-corrected chi connectivity index (χ4v) is 24.6. The van der Waals surface area contributed by atoms with Gasteiger partial charge < -0.3 is 4.74 Å². The van der Waals surface area contributed by atoms with E-state index >= 15 is 0 Å². The maximum absolute atomic E-state index is 6.19. The van der Waals surface area contributed by atoms with Crippen LogP contribution in [0.4, 0.5) is 0 Å². The van der Waals surface area contributed by atoms with Gasteiger partial charge in [-0.15, -0.1) is 0 Å². The van der Waals surface area contributed by atoms with Crippen molar-refractivity contribution in [3.8, 4) is 0 Å². The quantitative estimate of drug-likeness (QED) is 0.142. The molecule has 0 N–H and O–H groups in total. The Morgan fingerprint density at radius 1 is 0.527 bits per heavy atom. The lowest BCUT2D eigenvalue weighted by atomic mass is 9.61. The Labute approximate surface area is 346 Å². The molecule has 2 heteroatoms. The van der Waals surface area contributed by atoms with Crippen LogP contribution in [0, 0.1) is 87.8 Å². The summed E-state index contributed by atoms with van der Waals surface area (Å²) in [4.78, 5) is 0. The zero-order valence-corrected chi connectivity index (χ0v) is 40.6. The Morgan fingerprint density at radius 2 is 0.982 bits per heavy atom. The maximum atomic E-state index is 6.19. The van der Waals surface area contributed by atoms with E-state index in [9.17, 15) is 0 Å². The Kier molecular flexibility index (Phi) is 14.7. The van der Waals surface area contributed by atoms with Crippen molar-refractivity contribution in [2.24, 2.45) is 87.8 Å². The van der Waals surface area contributed by atoms with Crippen LogP contribution in [-0.4, -0.2) is 20.3 Å². The molecule has 11 atom stereocenters. The van der Waals surface area contributed by atoms with Crippen LogP contribution in [0.5, 0.6) is 0 Å². The number of hydrogen-bond acceptors (Lipinski definition) is 1. The van der Waals surface area contributed by atoms with Crippen LogP contribution in [0.3, 0.4) is 0 Å². The molecule has 0 saturated heterocycles. The smallest absolute Gasteiger partial charge is 0.0598 e. The average molecular weight is 779 g/mol. The van der Waals surface area contributed by atoms with Gasteiger partial charge >= 0.3 is 0 Å². The summed E-state index contributed by atoms with van der Waals surface area (Å²) in [7, 11) is -1.65. The largest absolute Gasteiger partial charge is 0.376 e. The summed E-state index contributed by atoms with van der Waals surface area (Å²) < 4.78 is 6.19. The summed E-state index contributed by atoms with van der Waals surface area (Å²) >= 11 is 0. The lowest BCUT2D eigenvalue weighted by molar-refractivity contribution is -0.00471. The van der Waals surface area contributed by atoms with Crippen molar-refractivity contribution in [3.63, 3.8) is 0 Å². The van der Waals surface area contributed by atoms with E-state index in [1.54, 1.807) is 83.1 Å². The van der Waals surface area contributed by atoms with E-state index in [2.05, 4.69) is 89.6 Å². The minimum Gasteiger partial charge on any atom is -0.376 e. The maximum Gasteiger partial charge on any atom is 0.0598 e. The van der Waals surface area contributed by atoms with E-state index in [0.29, 0.717) is 10.8 Å². The molecule has 6 fully saturated rings. The molecular formula is C53H98OSi. The van der Waals surface area contributed by atoms with Crippen LogP contribution >= 0.6 is 0 Å². The first kappa shape index (κ1) is 44.7. The van der Waals surface area contributed by atoms with Gasteiger partial charge in [0.15, 0.2) is 0 Å². The summed E-state index contributed by atoms with van der Waals surface area (Å²) in [5, 5.41) is 0. The molecule has 0 radical (unpaired) electrons. The predicted octanol–water partition coefficient (Wildman–Crippen LogP) is 16.7. The summed E-state index contributed by atoms with van der Waals surface area (Å²) in [5.41, 5.74) is 3.16. The van der Waals surface area contributed by atoms with Crippen molar-refractivity contribution < 1.29 is 4.74 Å². The first-order valence-corrected chi connectivity index (χ1v) is 28.3. The van der Waals surface area contributed by atoms with Gasteiger partial charge in [0.05, 0.1) is 13.7 Å². The van der Waals surface area contributed by atoms with Crippen molar-refractivity contribution in [2.45, 2.75) is 241 Å². The van der Waals surface area contributed by atoms with Crippen molar-refractivity contribution in [3.05, 3.63) is 0 Å². The molecule has 0 aromatic carbocycles. The average Bonchev–Trinajstić information content (AvgIpc) is 3.69. The lowest BCUT2D eigenvalue weighted by Gasteiger charge is -2.52. The highest BCUT2D eigenvalue weighted by molar-refractivity contribution is 6.81. The number of ether oxygens (including phenoxy) is 1. The highest BCUT2D eigenvalue weighted by Gasteiger charge is 2.62. The second-order valence-corrected chi connectivity index (χ2v) is 30.7. The molecule has 6 aliphatic carbocycles. The van der Waals surface area contributed by atoms with Gasteiger partial charge in [0.1, 0.15) is 0 Å². The molecule has 6 saturated carbocycles. The van der Waals surface area contributed by atoms with Crippen LogP contribution in [0.25, 0.3) is 0 Å². The molecule has 0 aromatic heterocycles. The zero-order valence-electron chi connectivity index (χ0n) is 39.6. The molecule has 55 heavy (non-hydrogen) atoms. The van der Waals surface area contributed by atoms with Crippen LogP contribution in [-0.2, 0) is 4.74 Å². The van der Waals surface area contributed by atoms with E-state index in [-0.39, 0.29) is 5.60 Å². The molecule has 1 nitrogen and oxygen atoms in total. The predicted molar refractivity (Wildman–Crippen MR) is 243 cm³/mol. The second kappa shape index (κ2) is 18.0. The SMILES string of the molecule is CC(C)C1CC2C(C3CCC(C(C)(C)C)CC3)CCCC2C1[Si](C)(CCCCCCOC(C)(C)C)C1C(C)CC2C(C3CCC(C(C)(C)C)CC3)CCCC21. The van der Waals surface area contributed by atoms with E-state index in [1.165, 1.54) is 51.4 Å². The van der Waals surface area contributed by atoms with E-state index in [0.717, 1.165) is 94.6 Å². The second-order valence-electron chi connectivity index (χ2n) is 25.8. The van der Waals surface area contributed by atoms with E-state index in [1.807, 2.05) is 0 Å². The molecule has 0 heterocycles. The van der Waals surface area contributed by atoms with Crippen molar-refractivity contribution in [2.75, 3.05) is 6.61 Å². The first-order valence-electron chi connectivity index (χ1n) is 25.4. The van der Waals surface area contributed by atoms with Crippen molar-refractivity contribution >= 4 is 8.07 Å². The van der Waals surface area contributed by atoms with Crippen molar-refractivity contribution in [1.29, 1.82) is 0 Å². The molecular weight excluding hydrogens is 681 g/mol. The number of fused-ring (bicyclic) bond motifs is 2. The molecule has 0 amide bonds. The van der Waals surface area contributed by atoms with Gasteiger partial charge in [-0.25, -0.2) is 0 Å². The standard InChI is InChI=1S/C53H98OSi/c1-36(2)46-35-48-43(39-26-30-41(31-27-39)52(7,8)9)21-19-23-45(48)50(46)55(13,33-17-15-14-16-32-54-53(10,11)12)49-37(3)34-47-42(20-18-22-44(47)49)38-24-28-40(29-25-38)51(4,5)6/h36-50H,14-35H2,1-13H3. The summed E-state index contributed by atoms with van der Waals surface area (Å²) in [5.74, 6) is 13.1. The van der Waals surface area contributed by atoms with Gasteiger partial charge in [-0.05, 0) is 203 Å². The topological polar surface area (TPSA) is 9.23 Å². The summed E-state index contributed by atoms with van der Waals surface area (Å²) in [6, 6.07) is 1.64. The molecule has 11 unspecified atom stereocenters. The molecule has 0 aromatic rings. The van der Waals surface area contributed by atoms with Crippen LogP contribution in [0.2, 0.25) is 23.7 Å². The molecule has 0 bridgehead atoms. The van der Waals surface area contributed by atoms with Crippen LogP contribution < -0.4 is 0 Å². The summed E-state index contributed by atoms with van der Waals surface area (Å²) in [6.45, 7) is 34.1. The highest BCUT2D eigenvalue weighted by Crippen LogP contribution is 2.69. The third-order valence-corrected chi connectivity index (χ3v) is 25.6. The molecule has 6 rings (SSSR count). The highest BCUT2D eigenvalue weighted by atomic mass is 28.3. The Balaban J connectivity index is 1.24. The molecule has 6 aliphatic rings. The molecule has 0 aliphatic heterocycles. The minimum absolute atomic E-state index is 0.000922. The van der Waals surface area contributed by atoms with Gasteiger partial charge in [0.2, 0.25) is 0 Å². The molecule has 0 spiro atoms. The molecule has 320 valence electrons. The van der Waals surface area contributed by atoms with Gasteiger partial charge in [-0.1, -0.05) is 120 Å². The Bertz CT molecular complexity index is 1170. The lowest BCUT2D eigenvalue weighted by Crippen LogP contribution is -2.50. The van der Waals surface area contributed by atoms with Gasteiger partial charge in [0.25, 0.3) is 0 Å². The normalized spacial score (nSPS) is 41.6. The minimum atomic E-state index is -1.65. The van der Waals surface area contributed by atoms with Crippen LogP contribution in [0.1, 0.15) is 212 Å². The van der Waals surface area contributed by atoms with Gasteiger partial charge in [-0.3, -0.25) is 0 Å². The first-order chi connectivity index (χ1) is 25.8. The fourth-order valence-electron chi connectivity index (χ4n) is 16.7. The van der Waals surface area contributed by atoms with E-state index in [4.69, 9.17) is 4.74 Å². The number of hydrogen-bond donors (Lipinski definition) is 0. The number of rotatable bonds is 12. The number of unbranched alkanes of at least 4 members (excludes halogenated alkanes) is 3. The summed E-state index contributed by atoms with van der Waals surface area (Å²) in [6.07, 6.45) is 30.4. The zero-order chi connectivity index (χ0) is 39.9. The van der Waals surface area contributed by atoms with Crippen LogP contribution in [0.15, 0.2) is 0 Å². The van der Waals surface area contributed by atoms with E-state index < -0.39 is 8.07 Å².